The highest BCUT2D eigenvalue weighted by Crippen LogP contribution is 2.35. The summed E-state index contributed by atoms with van der Waals surface area (Å²) in [6.07, 6.45) is 6.19. The molecule has 35 heavy (non-hydrogen) atoms. The largest absolute Gasteiger partial charge is 0.507 e. The summed E-state index contributed by atoms with van der Waals surface area (Å²) in [5.74, 6) is 1.08. The molecule has 1 aliphatic rings. The van der Waals surface area contributed by atoms with E-state index in [4.69, 9.17) is 4.98 Å². The highest BCUT2D eigenvalue weighted by atomic mass is 127. The minimum atomic E-state index is -0.0144. The molecule has 4 rings (SSSR count). The van der Waals surface area contributed by atoms with Crippen LogP contribution in [0.4, 0.5) is 5.69 Å². The quantitative estimate of drug-likeness (QED) is 0.157. The molecule has 1 aliphatic carbocycles. The second-order valence-corrected chi connectivity index (χ2v) is 11.2. The Bertz CT molecular complexity index is 1200. The van der Waals surface area contributed by atoms with Crippen molar-refractivity contribution in [3.63, 3.8) is 0 Å². The van der Waals surface area contributed by atoms with Crippen LogP contribution in [0.15, 0.2) is 30.5 Å². The Morgan fingerprint density at radius 3 is 2.34 bits per heavy atom. The number of carbonyl (C=O) groups excluding carboxylic acids is 1. The van der Waals surface area contributed by atoms with E-state index in [0.29, 0.717) is 26.2 Å². The first-order valence-corrected chi connectivity index (χ1v) is 15.0. The predicted molar refractivity (Wildman–Crippen MR) is 160 cm³/mol. The average Bonchev–Trinajstić information content (AvgIpc) is 2.84. The van der Waals surface area contributed by atoms with Gasteiger partial charge in [-0.2, -0.15) is 0 Å². The number of hydrogen-bond acceptors (Lipinski definition) is 6. The van der Waals surface area contributed by atoms with Gasteiger partial charge in [-0.15, -0.1) is 0 Å². The maximum atomic E-state index is 12.5. The molecule has 6 nitrogen and oxygen atoms in total. The van der Waals surface area contributed by atoms with Crippen molar-refractivity contribution in [2.75, 3.05) is 26.0 Å². The van der Waals surface area contributed by atoms with Crippen molar-refractivity contribution in [3.05, 3.63) is 47.2 Å². The van der Waals surface area contributed by atoms with Crippen molar-refractivity contribution in [2.24, 2.45) is 5.92 Å². The number of aromatic hydroxyl groups is 1. The molecular formula is C27H32I2N4O2. The number of benzene rings is 1. The number of halogens is 2. The van der Waals surface area contributed by atoms with Crippen LogP contribution in [0.5, 0.6) is 5.75 Å². The molecule has 1 fully saturated rings. The van der Waals surface area contributed by atoms with Crippen molar-refractivity contribution in [1.82, 2.24) is 14.9 Å². The zero-order valence-electron chi connectivity index (χ0n) is 20.4. The van der Waals surface area contributed by atoms with Gasteiger partial charge in [0, 0.05) is 44.3 Å². The van der Waals surface area contributed by atoms with Gasteiger partial charge in [0.1, 0.15) is 11.3 Å². The summed E-state index contributed by atoms with van der Waals surface area (Å²) < 4.78 is 1.43. The van der Waals surface area contributed by atoms with Gasteiger partial charge < -0.3 is 15.3 Å². The van der Waals surface area contributed by atoms with Crippen LogP contribution in [0.1, 0.15) is 54.1 Å². The molecule has 1 aromatic carbocycles. The number of aromatic nitrogens is 2. The number of nitrogens with zero attached hydrogens (tertiary/aromatic N) is 3. The number of Topliss-reactive ketones (excluding diaryl/α,β-unsaturated/α-hetero) is 1. The number of phenolic OH excluding ortho intramolecular Hbond substituents is 1. The van der Waals surface area contributed by atoms with Crippen molar-refractivity contribution < 1.29 is 9.90 Å². The van der Waals surface area contributed by atoms with Gasteiger partial charge in [-0.05, 0) is 76.9 Å². The molecule has 0 aliphatic heterocycles. The third kappa shape index (κ3) is 6.07. The fraction of sp³-hybridized carbons (Fsp3) is 0.444. The van der Waals surface area contributed by atoms with Gasteiger partial charge in [0.05, 0.1) is 22.5 Å². The summed E-state index contributed by atoms with van der Waals surface area (Å²) >= 11 is 4.55. The van der Waals surface area contributed by atoms with Crippen LogP contribution in [-0.4, -0.2) is 52.4 Å². The van der Waals surface area contributed by atoms with E-state index in [2.05, 4.69) is 74.5 Å². The molecule has 0 unspecified atom stereocenters. The zero-order valence-corrected chi connectivity index (χ0v) is 24.8. The van der Waals surface area contributed by atoms with E-state index in [1.54, 1.807) is 13.1 Å². The van der Waals surface area contributed by atoms with Crippen molar-refractivity contribution >= 4 is 67.7 Å². The summed E-state index contributed by atoms with van der Waals surface area (Å²) in [4.78, 5) is 24.4. The Hall–Kier alpha value is -1.53. The van der Waals surface area contributed by atoms with Crippen molar-refractivity contribution in [2.45, 2.75) is 47.5 Å². The van der Waals surface area contributed by atoms with E-state index in [1.807, 2.05) is 24.3 Å². The Balaban J connectivity index is 1.73. The second kappa shape index (κ2) is 11.7. The van der Waals surface area contributed by atoms with Crippen molar-refractivity contribution in [3.8, 4) is 17.0 Å². The van der Waals surface area contributed by atoms with E-state index in [1.165, 1.54) is 12.8 Å². The molecule has 0 bridgehead atoms. The molecule has 0 amide bonds. The lowest BCUT2D eigenvalue weighted by Gasteiger charge is -2.31. The molecule has 0 saturated heterocycles. The number of nitrogens with one attached hydrogen (secondary N) is 1. The third-order valence-electron chi connectivity index (χ3n) is 6.76. The number of hydrogen-bond donors (Lipinski definition) is 2. The highest BCUT2D eigenvalue weighted by molar-refractivity contribution is 14.1. The Morgan fingerprint density at radius 1 is 1.11 bits per heavy atom. The molecular weight excluding hydrogens is 666 g/mol. The van der Waals surface area contributed by atoms with Crippen LogP contribution in [0, 0.1) is 5.92 Å². The first-order chi connectivity index (χ1) is 16.8. The maximum Gasteiger partial charge on any atom is 0.163 e. The van der Waals surface area contributed by atoms with E-state index in [-0.39, 0.29) is 5.78 Å². The first-order valence-electron chi connectivity index (χ1n) is 12.0. The molecule has 2 heterocycles. The van der Waals surface area contributed by atoms with Gasteiger partial charge in [-0.25, -0.2) is 4.98 Å². The predicted octanol–water partition coefficient (Wildman–Crippen LogP) is 6.61. The summed E-state index contributed by atoms with van der Waals surface area (Å²) in [7, 11) is 4.27. The normalized spacial score (nSPS) is 18.2. The molecule has 0 radical (unpaired) electrons. The summed E-state index contributed by atoms with van der Waals surface area (Å²) in [5, 5.41) is 14.2. The van der Waals surface area contributed by atoms with Crippen LogP contribution in [0.3, 0.4) is 0 Å². The average molecular weight is 698 g/mol. The lowest BCUT2D eigenvalue weighted by Crippen LogP contribution is -2.31. The minimum Gasteiger partial charge on any atom is -0.507 e. The van der Waals surface area contributed by atoms with Gasteiger partial charge >= 0.3 is 0 Å². The van der Waals surface area contributed by atoms with Crippen LogP contribution >= 0.6 is 45.2 Å². The van der Waals surface area contributed by atoms with E-state index >= 15 is 0 Å². The number of ketones is 1. The van der Waals surface area contributed by atoms with Crippen LogP contribution in [0.25, 0.3) is 22.3 Å². The Kier molecular flexibility index (Phi) is 8.85. The lowest BCUT2D eigenvalue weighted by molar-refractivity contribution is 0.101. The third-order valence-corrected chi connectivity index (χ3v) is 8.41. The summed E-state index contributed by atoms with van der Waals surface area (Å²) in [5.41, 5.74) is 6.46. The van der Waals surface area contributed by atoms with Crippen LogP contribution < -0.4 is 5.32 Å². The Labute approximate surface area is 234 Å². The number of carbonyl (C=O) groups is 1. The SMILES string of the molecule is CC(=O)c1cnc2ccc(-c3cc(CI)c(O)c(CI)c3)nc2c1NC1CCC(CN(C)C)CC1. The number of anilines is 1. The fourth-order valence-electron chi connectivity index (χ4n) is 4.96. The molecule has 0 atom stereocenters. The molecule has 3 aromatic rings. The van der Waals surface area contributed by atoms with E-state index in [0.717, 1.165) is 64.4 Å². The molecule has 186 valence electrons. The van der Waals surface area contributed by atoms with E-state index < -0.39 is 0 Å². The fourth-order valence-corrected chi connectivity index (χ4v) is 6.12. The van der Waals surface area contributed by atoms with Gasteiger partial charge in [0.25, 0.3) is 0 Å². The number of alkyl halides is 2. The highest BCUT2D eigenvalue weighted by Gasteiger charge is 2.24. The topological polar surface area (TPSA) is 78.3 Å². The monoisotopic (exact) mass is 698 g/mol. The van der Waals surface area contributed by atoms with Crippen LogP contribution in [-0.2, 0) is 8.86 Å². The smallest absolute Gasteiger partial charge is 0.163 e. The second-order valence-electron chi connectivity index (χ2n) is 9.70. The van der Waals surface area contributed by atoms with Gasteiger partial charge in [-0.1, -0.05) is 45.2 Å². The summed E-state index contributed by atoms with van der Waals surface area (Å²) in [6, 6.07) is 8.27. The molecule has 0 spiro atoms. The minimum absolute atomic E-state index is 0.0144. The standard InChI is InChI=1S/C27H32I2N4O2/c1-16(34)22-14-30-24-9-8-23(18-10-19(12-28)27(35)20(11-18)13-29)32-26(24)25(22)31-21-6-4-17(5-7-21)15-33(2)3/h8-11,14,17,21,35H,4-7,12-13,15H2,1-3H3,(H,30,31). The maximum absolute atomic E-state index is 12.5. The Morgan fingerprint density at radius 2 is 1.77 bits per heavy atom. The van der Waals surface area contributed by atoms with Gasteiger partial charge in [-0.3, -0.25) is 9.78 Å². The first kappa shape index (κ1) is 26.5. The van der Waals surface area contributed by atoms with Crippen LogP contribution in [0.2, 0.25) is 0 Å². The van der Waals surface area contributed by atoms with E-state index in [9.17, 15) is 9.90 Å². The molecule has 1 saturated carbocycles. The molecule has 2 N–H and O–H groups in total. The number of phenols is 1. The number of fused-ring (bicyclic) bond motifs is 1. The molecule has 2 aromatic heterocycles. The molecule has 8 heteroatoms. The zero-order chi connectivity index (χ0) is 25.1. The lowest BCUT2D eigenvalue weighted by atomic mass is 9.85. The number of pyridine rings is 2. The van der Waals surface area contributed by atoms with Gasteiger partial charge in [0.2, 0.25) is 0 Å². The van der Waals surface area contributed by atoms with Gasteiger partial charge in [0.15, 0.2) is 5.78 Å². The summed E-state index contributed by atoms with van der Waals surface area (Å²) in [6.45, 7) is 2.71. The number of rotatable bonds is 8. The van der Waals surface area contributed by atoms with Crippen molar-refractivity contribution in [1.29, 1.82) is 0 Å².